The van der Waals surface area contributed by atoms with Crippen LogP contribution in [-0.2, 0) is 14.4 Å². The number of nitrogens with one attached hydrogen (secondary N) is 2. The predicted molar refractivity (Wildman–Crippen MR) is 85.7 cm³/mol. The van der Waals surface area contributed by atoms with Crippen LogP contribution in [0.1, 0.15) is 0 Å². The first-order valence-corrected chi connectivity index (χ1v) is 9.31. The number of β-lactam (4-membered cyclic amide) rings is 1. The number of fused-ring (bicyclic) bond motifs is 1. The van der Waals surface area contributed by atoms with E-state index in [-0.39, 0.29) is 16.9 Å². The van der Waals surface area contributed by atoms with Crippen LogP contribution in [-0.4, -0.2) is 65.5 Å². The fourth-order valence-corrected chi connectivity index (χ4v) is 4.75. The van der Waals surface area contributed by atoms with E-state index >= 15 is 0 Å². The number of carbonyl (C=O) groups is 3. The van der Waals surface area contributed by atoms with Crippen molar-refractivity contribution in [2.24, 2.45) is 0 Å². The number of thioether (sulfide) groups is 2. The van der Waals surface area contributed by atoms with E-state index in [9.17, 15) is 19.5 Å². The first-order valence-electron chi connectivity index (χ1n) is 6.32. The molecule has 2 atom stereocenters. The molecule has 0 aromatic carbocycles. The second-order valence-electron chi connectivity index (χ2n) is 4.56. The minimum absolute atomic E-state index is 0.0653. The van der Waals surface area contributed by atoms with E-state index in [2.05, 4.69) is 36.4 Å². The fourth-order valence-electron chi connectivity index (χ4n) is 2.24. The number of aliphatic carboxylic acids is 1. The molecular weight excluding hydrogens is 410 g/mol. The van der Waals surface area contributed by atoms with Gasteiger partial charge in [0.25, 0.3) is 5.91 Å². The van der Waals surface area contributed by atoms with Gasteiger partial charge in [-0.25, -0.2) is 9.78 Å². The smallest absolute Gasteiger partial charge is 0.353 e. The summed E-state index contributed by atoms with van der Waals surface area (Å²) in [7, 11) is 0. The summed E-state index contributed by atoms with van der Waals surface area (Å²) in [4.78, 5) is 41.0. The first-order chi connectivity index (χ1) is 11.0. The van der Waals surface area contributed by atoms with Crippen molar-refractivity contribution in [3.05, 3.63) is 16.9 Å². The molecule has 1 saturated heterocycles. The van der Waals surface area contributed by atoms with Crippen LogP contribution in [0.25, 0.3) is 0 Å². The molecule has 122 valence electrons. The Morgan fingerprint density at radius 1 is 1.61 bits per heavy atom. The number of halogens is 1. The van der Waals surface area contributed by atoms with Crippen LogP contribution in [0.15, 0.2) is 22.1 Å². The van der Waals surface area contributed by atoms with Gasteiger partial charge in [0, 0.05) is 10.7 Å². The number of carboxylic acids is 1. The van der Waals surface area contributed by atoms with Gasteiger partial charge in [-0.1, -0.05) is 27.7 Å². The van der Waals surface area contributed by atoms with E-state index in [0.717, 1.165) is 11.8 Å². The Hall–Kier alpha value is -1.53. The Labute approximate surface area is 146 Å². The number of alkyl halides is 1. The highest BCUT2D eigenvalue weighted by Gasteiger charge is 2.54. The molecule has 0 aliphatic carbocycles. The zero-order valence-electron chi connectivity index (χ0n) is 11.4. The van der Waals surface area contributed by atoms with E-state index in [0.29, 0.717) is 15.8 Å². The molecule has 12 heteroatoms. The Morgan fingerprint density at radius 3 is 3.00 bits per heavy atom. The molecule has 0 bridgehead atoms. The average Bonchev–Trinajstić information content (AvgIpc) is 3.04. The number of nitrogens with zero attached hydrogens (tertiary/aromatic N) is 3. The second kappa shape index (κ2) is 6.53. The monoisotopic (exact) mass is 419 g/mol. The summed E-state index contributed by atoms with van der Waals surface area (Å²) < 4.78 is 0. The van der Waals surface area contributed by atoms with Gasteiger partial charge in [0.2, 0.25) is 5.91 Å². The zero-order chi connectivity index (χ0) is 16.6. The lowest BCUT2D eigenvalue weighted by Gasteiger charge is -2.49. The number of aromatic nitrogens is 3. The number of carboxylic acid groups (broad SMARTS) is 1. The van der Waals surface area contributed by atoms with E-state index in [1.54, 1.807) is 0 Å². The third-order valence-electron chi connectivity index (χ3n) is 3.19. The van der Waals surface area contributed by atoms with Gasteiger partial charge in [0.1, 0.15) is 23.4 Å². The van der Waals surface area contributed by atoms with Crippen molar-refractivity contribution in [1.29, 1.82) is 0 Å². The molecule has 1 fully saturated rings. The summed E-state index contributed by atoms with van der Waals surface area (Å²) in [5, 5.41) is 18.5. The van der Waals surface area contributed by atoms with Gasteiger partial charge in [-0.2, -0.15) is 5.10 Å². The quantitative estimate of drug-likeness (QED) is 0.448. The third kappa shape index (κ3) is 2.97. The Kier molecular flexibility index (Phi) is 4.64. The first kappa shape index (κ1) is 16.3. The highest BCUT2D eigenvalue weighted by atomic mass is 79.9. The van der Waals surface area contributed by atoms with Crippen LogP contribution in [0.3, 0.4) is 0 Å². The Balaban J connectivity index is 1.84. The minimum atomic E-state index is -1.18. The molecule has 3 N–H and O–H groups in total. The number of amides is 2. The molecule has 0 radical (unpaired) electrons. The van der Waals surface area contributed by atoms with Crippen molar-refractivity contribution >= 4 is 57.2 Å². The lowest BCUT2D eigenvalue weighted by Crippen LogP contribution is -2.70. The summed E-state index contributed by atoms with van der Waals surface area (Å²) in [6.45, 7) is 0. The lowest BCUT2D eigenvalue weighted by molar-refractivity contribution is -0.150. The molecule has 3 rings (SSSR count). The van der Waals surface area contributed by atoms with Gasteiger partial charge in [-0.3, -0.25) is 19.6 Å². The van der Waals surface area contributed by atoms with Crippen molar-refractivity contribution in [2.75, 3.05) is 11.1 Å². The summed E-state index contributed by atoms with van der Waals surface area (Å²) in [6.07, 6.45) is 1.32. The van der Waals surface area contributed by atoms with Gasteiger partial charge in [0.15, 0.2) is 5.16 Å². The van der Waals surface area contributed by atoms with Gasteiger partial charge in [-0.15, -0.1) is 11.8 Å². The number of H-pyrrole nitrogens is 1. The summed E-state index contributed by atoms with van der Waals surface area (Å²) >= 11 is 5.54. The number of hydrogen-bond acceptors (Lipinski definition) is 7. The van der Waals surface area contributed by atoms with Crippen LogP contribution in [0, 0.1) is 0 Å². The molecule has 0 unspecified atom stereocenters. The summed E-state index contributed by atoms with van der Waals surface area (Å²) in [5.74, 6) is -1.52. The maximum atomic E-state index is 12.3. The van der Waals surface area contributed by atoms with Crippen LogP contribution in [0.5, 0.6) is 0 Å². The molecule has 0 saturated carbocycles. The highest BCUT2D eigenvalue weighted by Crippen LogP contribution is 2.44. The van der Waals surface area contributed by atoms with Crippen molar-refractivity contribution in [2.45, 2.75) is 16.6 Å². The van der Waals surface area contributed by atoms with Crippen molar-refractivity contribution in [1.82, 2.24) is 25.4 Å². The molecular formula is C11H10BrN5O4S2. The predicted octanol–water partition coefficient (Wildman–Crippen LogP) is -0.0122. The van der Waals surface area contributed by atoms with Crippen LogP contribution in [0.4, 0.5) is 0 Å². The molecule has 3 heterocycles. The minimum Gasteiger partial charge on any atom is -0.477 e. The summed E-state index contributed by atoms with van der Waals surface area (Å²) in [6, 6.07) is -0.698. The Morgan fingerprint density at radius 2 is 2.39 bits per heavy atom. The number of carbonyl (C=O) groups excluding carboxylic acids is 2. The van der Waals surface area contributed by atoms with Gasteiger partial charge in [-0.05, 0) is 0 Å². The van der Waals surface area contributed by atoms with E-state index in [1.165, 1.54) is 23.0 Å². The standard InChI is InChI=1S/C11H10BrN5O4S2/c12-1-5(18)15-6-8(19)17-7(10(20)21)4(2-22-9(6)17)23-11-13-3-14-16-11/h3,6,9H,1-2H2,(H,15,18)(H,20,21)(H,13,14,16)/t6-,9+/m1/s1. The van der Waals surface area contributed by atoms with Crippen LogP contribution >= 0.6 is 39.5 Å². The van der Waals surface area contributed by atoms with Crippen LogP contribution in [0.2, 0.25) is 0 Å². The Bertz CT molecular complexity index is 695. The lowest BCUT2D eigenvalue weighted by atomic mass is 10.1. The zero-order valence-corrected chi connectivity index (χ0v) is 14.6. The molecule has 1 aromatic rings. The van der Waals surface area contributed by atoms with Crippen molar-refractivity contribution < 1.29 is 19.5 Å². The van der Waals surface area contributed by atoms with Crippen molar-refractivity contribution in [3.8, 4) is 0 Å². The molecule has 0 spiro atoms. The molecule has 1 aromatic heterocycles. The molecule has 2 aliphatic heterocycles. The van der Waals surface area contributed by atoms with Gasteiger partial charge < -0.3 is 10.4 Å². The van der Waals surface area contributed by atoms with Crippen LogP contribution < -0.4 is 5.32 Å². The van der Waals surface area contributed by atoms with Gasteiger partial charge in [0.05, 0.1) is 5.33 Å². The van der Waals surface area contributed by atoms with E-state index in [1.807, 2.05) is 0 Å². The van der Waals surface area contributed by atoms with E-state index in [4.69, 9.17) is 0 Å². The normalized spacial score (nSPS) is 23.3. The highest BCUT2D eigenvalue weighted by molar-refractivity contribution is 9.09. The average molecular weight is 420 g/mol. The largest absolute Gasteiger partial charge is 0.477 e. The molecule has 2 aliphatic rings. The number of hydrogen-bond donors (Lipinski definition) is 3. The van der Waals surface area contributed by atoms with Crippen molar-refractivity contribution in [3.63, 3.8) is 0 Å². The molecule has 23 heavy (non-hydrogen) atoms. The number of rotatable bonds is 5. The number of aromatic amines is 1. The second-order valence-corrected chi connectivity index (χ2v) is 7.31. The summed E-state index contributed by atoms with van der Waals surface area (Å²) in [5.41, 5.74) is -0.0653. The topological polar surface area (TPSA) is 128 Å². The SMILES string of the molecule is O=C(CBr)N[C@@H]1C(=O)N2C(C(=O)O)=C(Sc3ncn[nH]3)CS[C@@H]12. The maximum Gasteiger partial charge on any atom is 0.353 e. The third-order valence-corrected chi connectivity index (χ3v) is 6.13. The van der Waals surface area contributed by atoms with Gasteiger partial charge >= 0.3 is 5.97 Å². The van der Waals surface area contributed by atoms with E-state index < -0.39 is 23.3 Å². The molecule has 9 nitrogen and oxygen atoms in total. The fraction of sp³-hybridized carbons (Fsp3) is 0.364. The maximum absolute atomic E-state index is 12.3. The molecule has 2 amide bonds.